The van der Waals surface area contributed by atoms with E-state index in [9.17, 15) is 15.2 Å². The Hall–Kier alpha value is -2.53. The van der Waals surface area contributed by atoms with Crippen molar-refractivity contribution in [3.8, 4) is 5.75 Å². The molecule has 5 nitrogen and oxygen atoms in total. The Morgan fingerprint density at radius 2 is 2.00 bits per heavy atom. The SMILES string of the molecule is O=[N+]([O-])c1cc(Cn2ccc3cc(O)ccc32)ccc1Cl. The second kappa shape index (κ2) is 5.10. The van der Waals surface area contributed by atoms with E-state index in [-0.39, 0.29) is 16.5 Å². The standard InChI is InChI=1S/C15H11ClN2O3/c16-13-3-1-10(7-15(13)18(20)21)9-17-6-5-11-8-12(19)2-4-14(11)17/h1-8,19H,9H2. The van der Waals surface area contributed by atoms with Gasteiger partial charge in [-0.05, 0) is 35.9 Å². The van der Waals surface area contributed by atoms with Crippen LogP contribution in [0.2, 0.25) is 5.02 Å². The van der Waals surface area contributed by atoms with E-state index in [1.807, 2.05) is 22.9 Å². The molecular weight excluding hydrogens is 292 g/mol. The number of nitro benzene ring substituents is 1. The molecule has 0 spiro atoms. The van der Waals surface area contributed by atoms with Gasteiger partial charge in [0.1, 0.15) is 10.8 Å². The summed E-state index contributed by atoms with van der Waals surface area (Å²) in [7, 11) is 0. The molecule has 1 aromatic heterocycles. The summed E-state index contributed by atoms with van der Waals surface area (Å²) < 4.78 is 1.96. The maximum Gasteiger partial charge on any atom is 0.288 e. The van der Waals surface area contributed by atoms with E-state index < -0.39 is 4.92 Å². The highest BCUT2D eigenvalue weighted by atomic mass is 35.5. The molecule has 0 radical (unpaired) electrons. The van der Waals surface area contributed by atoms with Crippen LogP contribution in [0.15, 0.2) is 48.7 Å². The van der Waals surface area contributed by atoms with Crippen LogP contribution in [0.5, 0.6) is 5.75 Å². The quantitative estimate of drug-likeness (QED) is 0.588. The summed E-state index contributed by atoms with van der Waals surface area (Å²) in [6.45, 7) is 0.492. The minimum Gasteiger partial charge on any atom is -0.508 e. The fourth-order valence-electron chi connectivity index (χ4n) is 2.32. The first kappa shape index (κ1) is 13.5. The fourth-order valence-corrected chi connectivity index (χ4v) is 2.51. The molecule has 0 fully saturated rings. The molecule has 6 heteroatoms. The van der Waals surface area contributed by atoms with Crippen molar-refractivity contribution in [1.29, 1.82) is 0 Å². The molecular formula is C15H11ClN2O3. The number of phenols is 1. The van der Waals surface area contributed by atoms with Crippen LogP contribution in [0.25, 0.3) is 10.9 Å². The van der Waals surface area contributed by atoms with Crippen molar-refractivity contribution in [2.75, 3.05) is 0 Å². The molecule has 0 amide bonds. The minimum absolute atomic E-state index is 0.0942. The van der Waals surface area contributed by atoms with E-state index in [0.29, 0.717) is 6.54 Å². The molecule has 0 bridgehead atoms. The summed E-state index contributed by atoms with van der Waals surface area (Å²) in [6.07, 6.45) is 1.88. The van der Waals surface area contributed by atoms with Gasteiger partial charge in [0.25, 0.3) is 5.69 Å². The molecule has 106 valence electrons. The van der Waals surface area contributed by atoms with Crippen LogP contribution in [-0.2, 0) is 6.54 Å². The third kappa shape index (κ3) is 2.55. The first-order chi connectivity index (χ1) is 10.0. The average molecular weight is 303 g/mol. The Morgan fingerprint density at radius 1 is 1.19 bits per heavy atom. The van der Waals surface area contributed by atoms with Crippen LogP contribution in [0.4, 0.5) is 5.69 Å². The Balaban J connectivity index is 1.99. The van der Waals surface area contributed by atoms with Crippen LogP contribution in [0.1, 0.15) is 5.56 Å². The van der Waals surface area contributed by atoms with Crippen molar-refractivity contribution in [2.24, 2.45) is 0 Å². The lowest BCUT2D eigenvalue weighted by Crippen LogP contribution is -1.99. The zero-order chi connectivity index (χ0) is 15.0. The van der Waals surface area contributed by atoms with Gasteiger partial charge >= 0.3 is 0 Å². The lowest BCUT2D eigenvalue weighted by Gasteiger charge is -2.06. The Morgan fingerprint density at radius 3 is 2.76 bits per heavy atom. The summed E-state index contributed by atoms with van der Waals surface area (Å²) in [6, 6.07) is 11.8. The van der Waals surface area contributed by atoms with E-state index in [2.05, 4.69) is 0 Å². The van der Waals surface area contributed by atoms with E-state index in [1.165, 1.54) is 12.1 Å². The third-order valence-electron chi connectivity index (χ3n) is 3.31. The molecule has 0 unspecified atom stereocenters. The van der Waals surface area contributed by atoms with Gasteiger partial charge in [-0.15, -0.1) is 0 Å². The minimum atomic E-state index is -0.488. The van der Waals surface area contributed by atoms with Crippen LogP contribution >= 0.6 is 11.6 Å². The molecule has 0 saturated heterocycles. The summed E-state index contributed by atoms with van der Waals surface area (Å²) in [5, 5.41) is 21.4. The Labute approximate surface area is 125 Å². The van der Waals surface area contributed by atoms with Crippen LogP contribution in [-0.4, -0.2) is 14.6 Å². The molecule has 0 aliphatic carbocycles. The summed E-state index contributed by atoms with van der Waals surface area (Å²) in [5.74, 6) is 0.211. The monoisotopic (exact) mass is 302 g/mol. The predicted molar refractivity (Wildman–Crippen MR) is 80.8 cm³/mol. The van der Waals surface area contributed by atoms with Gasteiger partial charge in [0.15, 0.2) is 0 Å². The molecule has 21 heavy (non-hydrogen) atoms. The van der Waals surface area contributed by atoms with Gasteiger partial charge in [0.05, 0.1) is 4.92 Å². The zero-order valence-corrected chi connectivity index (χ0v) is 11.6. The van der Waals surface area contributed by atoms with Crippen molar-refractivity contribution in [3.05, 3.63) is 69.4 Å². The van der Waals surface area contributed by atoms with Crippen molar-refractivity contribution in [2.45, 2.75) is 6.54 Å². The smallest absolute Gasteiger partial charge is 0.288 e. The van der Waals surface area contributed by atoms with Crippen molar-refractivity contribution >= 4 is 28.2 Å². The molecule has 3 rings (SSSR count). The third-order valence-corrected chi connectivity index (χ3v) is 3.63. The van der Waals surface area contributed by atoms with E-state index >= 15 is 0 Å². The van der Waals surface area contributed by atoms with Gasteiger partial charge in [-0.2, -0.15) is 0 Å². The molecule has 1 heterocycles. The maximum absolute atomic E-state index is 10.9. The number of nitro groups is 1. The number of fused-ring (bicyclic) bond motifs is 1. The number of hydrogen-bond acceptors (Lipinski definition) is 3. The average Bonchev–Trinajstić information content (AvgIpc) is 2.83. The van der Waals surface area contributed by atoms with Crippen molar-refractivity contribution in [1.82, 2.24) is 4.57 Å². The summed E-state index contributed by atoms with van der Waals surface area (Å²) in [5.41, 5.74) is 1.64. The largest absolute Gasteiger partial charge is 0.508 e. The highest BCUT2D eigenvalue weighted by Gasteiger charge is 2.13. The van der Waals surface area contributed by atoms with Gasteiger partial charge in [-0.25, -0.2) is 0 Å². The number of halogens is 1. The number of aromatic hydroxyl groups is 1. The molecule has 0 aliphatic rings. The van der Waals surface area contributed by atoms with Crippen LogP contribution < -0.4 is 0 Å². The molecule has 0 atom stereocenters. The van der Waals surface area contributed by atoms with E-state index in [1.54, 1.807) is 18.2 Å². The van der Waals surface area contributed by atoms with Gasteiger partial charge in [0.2, 0.25) is 0 Å². The van der Waals surface area contributed by atoms with Gasteiger partial charge in [-0.3, -0.25) is 10.1 Å². The van der Waals surface area contributed by atoms with Gasteiger partial charge < -0.3 is 9.67 Å². The first-order valence-electron chi connectivity index (χ1n) is 6.25. The number of nitrogens with zero attached hydrogens (tertiary/aromatic N) is 2. The topological polar surface area (TPSA) is 68.3 Å². The second-order valence-electron chi connectivity index (χ2n) is 4.73. The normalized spacial score (nSPS) is 10.9. The van der Waals surface area contributed by atoms with Crippen LogP contribution in [0, 0.1) is 10.1 Å². The van der Waals surface area contributed by atoms with E-state index in [4.69, 9.17) is 11.6 Å². The molecule has 0 saturated carbocycles. The lowest BCUT2D eigenvalue weighted by atomic mass is 10.2. The van der Waals surface area contributed by atoms with E-state index in [0.717, 1.165) is 16.5 Å². The van der Waals surface area contributed by atoms with Crippen LogP contribution in [0.3, 0.4) is 0 Å². The lowest BCUT2D eigenvalue weighted by molar-refractivity contribution is -0.384. The molecule has 2 aromatic carbocycles. The summed E-state index contributed by atoms with van der Waals surface area (Å²) in [4.78, 5) is 10.4. The summed E-state index contributed by atoms with van der Waals surface area (Å²) >= 11 is 5.81. The first-order valence-corrected chi connectivity index (χ1v) is 6.63. The number of benzene rings is 2. The number of aromatic nitrogens is 1. The number of phenolic OH excluding ortho intramolecular Hbond substituents is 1. The second-order valence-corrected chi connectivity index (χ2v) is 5.14. The molecule has 3 aromatic rings. The Bertz CT molecular complexity index is 842. The van der Waals surface area contributed by atoms with Crippen molar-refractivity contribution < 1.29 is 10.0 Å². The molecule has 1 N–H and O–H groups in total. The molecule has 0 aliphatic heterocycles. The highest BCUT2D eigenvalue weighted by molar-refractivity contribution is 6.32. The van der Waals surface area contributed by atoms with Gasteiger partial charge in [0, 0.05) is 29.7 Å². The number of hydrogen-bond donors (Lipinski definition) is 1. The Kier molecular flexibility index (Phi) is 3.27. The van der Waals surface area contributed by atoms with Gasteiger partial charge in [-0.1, -0.05) is 17.7 Å². The maximum atomic E-state index is 10.9. The fraction of sp³-hybridized carbons (Fsp3) is 0.0667. The number of rotatable bonds is 3. The predicted octanol–water partition coefficient (Wildman–Crippen LogP) is 3.96. The highest BCUT2D eigenvalue weighted by Crippen LogP contribution is 2.27. The van der Waals surface area contributed by atoms with Crippen molar-refractivity contribution in [3.63, 3.8) is 0 Å². The zero-order valence-electron chi connectivity index (χ0n) is 10.9.